The van der Waals surface area contributed by atoms with Crippen LogP contribution < -0.4 is 9.62 Å². The van der Waals surface area contributed by atoms with Crippen LogP contribution in [0.4, 0.5) is 5.69 Å². The van der Waals surface area contributed by atoms with Gasteiger partial charge in [-0.2, -0.15) is 0 Å². The molecule has 8 heteroatoms. The van der Waals surface area contributed by atoms with Crippen LogP contribution >= 0.6 is 23.2 Å². The predicted molar refractivity (Wildman–Crippen MR) is 95.7 cm³/mol. The van der Waals surface area contributed by atoms with Crippen molar-refractivity contribution in [3.8, 4) is 0 Å². The van der Waals surface area contributed by atoms with Gasteiger partial charge < -0.3 is 5.32 Å². The Labute approximate surface area is 148 Å². The zero-order valence-corrected chi connectivity index (χ0v) is 15.8. The van der Waals surface area contributed by atoms with E-state index in [2.05, 4.69) is 5.32 Å². The number of carbonyl (C=O) groups excluding carboxylic acids is 1. The summed E-state index contributed by atoms with van der Waals surface area (Å²) in [5.41, 5.74) is 0.343. The summed E-state index contributed by atoms with van der Waals surface area (Å²) in [4.78, 5) is 12.0. The number of hydrogen-bond acceptors (Lipinski definition) is 3. The summed E-state index contributed by atoms with van der Waals surface area (Å²) in [5.74, 6) is -0.119. The highest BCUT2D eigenvalue weighted by Gasteiger charge is 2.21. The molecule has 0 spiro atoms. The van der Waals surface area contributed by atoms with Crippen LogP contribution in [-0.2, 0) is 14.8 Å². The third-order valence-electron chi connectivity index (χ3n) is 3.55. The minimum atomic E-state index is -3.53. The van der Waals surface area contributed by atoms with Gasteiger partial charge in [0.05, 0.1) is 23.5 Å². The largest absolute Gasteiger partial charge is 0.354 e. The van der Waals surface area contributed by atoms with E-state index in [1.165, 1.54) is 10.4 Å². The second-order valence-corrected chi connectivity index (χ2v) is 7.99. The smallest absolute Gasteiger partial charge is 0.232 e. The van der Waals surface area contributed by atoms with Gasteiger partial charge >= 0.3 is 0 Å². The molecule has 5 nitrogen and oxygen atoms in total. The molecule has 0 aliphatic carbocycles. The number of benzene rings is 1. The second kappa shape index (κ2) is 8.76. The van der Waals surface area contributed by atoms with E-state index in [4.69, 9.17) is 23.2 Å². The van der Waals surface area contributed by atoms with Gasteiger partial charge in [0.15, 0.2) is 0 Å². The molecule has 0 aromatic heterocycles. The third-order valence-corrected chi connectivity index (χ3v) is 5.27. The van der Waals surface area contributed by atoms with Crippen LogP contribution in [0.15, 0.2) is 18.2 Å². The first kappa shape index (κ1) is 20.1. The Kier molecular flexibility index (Phi) is 7.64. The van der Waals surface area contributed by atoms with Crippen LogP contribution in [0.25, 0.3) is 0 Å². The SMILES string of the molecule is CCC(CC)C(=O)NCCN(c1ccc(Cl)cc1Cl)S(C)(=O)=O. The van der Waals surface area contributed by atoms with Gasteiger partial charge in [0.25, 0.3) is 0 Å². The lowest BCUT2D eigenvalue weighted by atomic mass is 10.0. The normalized spacial score (nSPS) is 11.6. The Morgan fingerprint density at radius 1 is 1.26 bits per heavy atom. The molecule has 0 atom stereocenters. The molecule has 0 bridgehead atoms. The van der Waals surface area contributed by atoms with E-state index in [1.807, 2.05) is 13.8 Å². The number of sulfonamides is 1. The molecular weight excluding hydrogens is 359 g/mol. The molecule has 0 aliphatic heterocycles. The average Bonchev–Trinajstić information content (AvgIpc) is 2.45. The molecule has 0 unspecified atom stereocenters. The number of nitrogens with one attached hydrogen (secondary N) is 1. The standard InChI is InChI=1S/C15H22Cl2N2O3S/c1-4-11(5-2)15(20)18-8-9-19(23(3,21)22)14-7-6-12(16)10-13(14)17/h6-7,10-11H,4-5,8-9H2,1-3H3,(H,18,20). The van der Waals surface area contributed by atoms with Gasteiger partial charge in [0, 0.05) is 17.5 Å². The third kappa shape index (κ3) is 5.86. The second-order valence-electron chi connectivity index (χ2n) is 5.24. The molecule has 130 valence electrons. The fourth-order valence-corrected chi connectivity index (χ4v) is 3.73. The van der Waals surface area contributed by atoms with Crippen LogP contribution in [0.3, 0.4) is 0 Å². The number of halogens is 2. The van der Waals surface area contributed by atoms with Crippen LogP contribution in [0.1, 0.15) is 26.7 Å². The number of amides is 1. The highest BCUT2D eigenvalue weighted by molar-refractivity contribution is 7.92. The van der Waals surface area contributed by atoms with Gasteiger partial charge in [-0.3, -0.25) is 9.10 Å². The Morgan fingerprint density at radius 3 is 2.35 bits per heavy atom. The summed E-state index contributed by atoms with van der Waals surface area (Å²) in [6.45, 7) is 4.21. The van der Waals surface area contributed by atoms with Crippen molar-refractivity contribution < 1.29 is 13.2 Å². The topological polar surface area (TPSA) is 66.5 Å². The first-order valence-corrected chi connectivity index (χ1v) is 10.0. The van der Waals surface area contributed by atoms with Crippen molar-refractivity contribution >= 4 is 44.8 Å². The first-order valence-electron chi connectivity index (χ1n) is 7.41. The molecular formula is C15H22Cl2N2O3S. The maximum Gasteiger partial charge on any atom is 0.232 e. The van der Waals surface area contributed by atoms with E-state index < -0.39 is 10.0 Å². The monoisotopic (exact) mass is 380 g/mol. The Bertz CT molecular complexity index is 646. The van der Waals surface area contributed by atoms with E-state index in [0.717, 1.165) is 19.1 Å². The fourth-order valence-electron chi connectivity index (χ4n) is 2.23. The molecule has 1 aromatic carbocycles. The lowest BCUT2D eigenvalue weighted by molar-refractivity contribution is -0.125. The van der Waals surface area contributed by atoms with E-state index in [9.17, 15) is 13.2 Å². The van der Waals surface area contributed by atoms with Crippen LogP contribution in [0, 0.1) is 5.92 Å². The molecule has 0 fully saturated rings. The van der Waals surface area contributed by atoms with Crippen LogP contribution in [0.2, 0.25) is 10.0 Å². The maximum atomic E-state index is 12.0. The lowest BCUT2D eigenvalue weighted by Crippen LogP contribution is -2.40. The summed E-state index contributed by atoms with van der Waals surface area (Å²) < 4.78 is 25.2. The minimum Gasteiger partial charge on any atom is -0.354 e. The molecule has 0 radical (unpaired) electrons. The van der Waals surface area contributed by atoms with Crippen LogP contribution in [0.5, 0.6) is 0 Å². The summed E-state index contributed by atoms with van der Waals surface area (Å²) in [7, 11) is -3.53. The van der Waals surface area contributed by atoms with Crippen LogP contribution in [-0.4, -0.2) is 33.7 Å². The van der Waals surface area contributed by atoms with Crippen molar-refractivity contribution in [2.24, 2.45) is 5.92 Å². The van der Waals surface area contributed by atoms with Crippen molar-refractivity contribution in [2.45, 2.75) is 26.7 Å². The maximum absolute atomic E-state index is 12.0. The summed E-state index contributed by atoms with van der Waals surface area (Å²) in [6.07, 6.45) is 2.60. The number of anilines is 1. The Morgan fingerprint density at radius 2 is 1.87 bits per heavy atom. The highest BCUT2D eigenvalue weighted by Crippen LogP contribution is 2.30. The van der Waals surface area contributed by atoms with Crippen molar-refractivity contribution in [1.82, 2.24) is 5.32 Å². The molecule has 23 heavy (non-hydrogen) atoms. The van der Waals surface area contributed by atoms with Crippen molar-refractivity contribution in [2.75, 3.05) is 23.7 Å². The van der Waals surface area contributed by atoms with Crippen molar-refractivity contribution in [3.63, 3.8) is 0 Å². The van der Waals surface area contributed by atoms with E-state index in [0.29, 0.717) is 10.7 Å². The predicted octanol–water partition coefficient (Wildman–Crippen LogP) is 3.31. The average molecular weight is 381 g/mol. The quantitative estimate of drug-likeness (QED) is 0.751. The summed E-state index contributed by atoms with van der Waals surface area (Å²) in [5, 5.41) is 3.44. The highest BCUT2D eigenvalue weighted by atomic mass is 35.5. The zero-order valence-electron chi connectivity index (χ0n) is 13.5. The fraction of sp³-hybridized carbons (Fsp3) is 0.533. The van der Waals surface area contributed by atoms with Gasteiger partial charge in [0.2, 0.25) is 15.9 Å². The molecule has 0 aliphatic rings. The van der Waals surface area contributed by atoms with Gasteiger partial charge in [-0.15, -0.1) is 0 Å². The molecule has 1 amide bonds. The Balaban J connectivity index is 2.84. The van der Waals surface area contributed by atoms with Crippen molar-refractivity contribution in [1.29, 1.82) is 0 Å². The number of nitrogens with zero attached hydrogens (tertiary/aromatic N) is 1. The van der Waals surface area contributed by atoms with Gasteiger partial charge in [-0.25, -0.2) is 8.42 Å². The summed E-state index contributed by atoms with van der Waals surface area (Å²) >= 11 is 11.9. The van der Waals surface area contributed by atoms with Gasteiger partial charge in [-0.1, -0.05) is 37.0 Å². The Hall–Kier alpha value is -0.980. The number of carbonyl (C=O) groups is 1. The number of hydrogen-bond donors (Lipinski definition) is 1. The molecule has 0 saturated carbocycles. The van der Waals surface area contributed by atoms with E-state index in [-0.39, 0.29) is 29.9 Å². The zero-order chi connectivity index (χ0) is 17.6. The number of rotatable bonds is 8. The van der Waals surface area contributed by atoms with E-state index >= 15 is 0 Å². The molecule has 1 rings (SSSR count). The molecule has 1 aromatic rings. The molecule has 0 saturated heterocycles. The van der Waals surface area contributed by atoms with Gasteiger partial charge in [-0.05, 0) is 31.0 Å². The first-order chi connectivity index (χ1) is 10.7. The molecule has 0 heterocycles. The molecule has 1 N–H and O–H groups in total. The van der Waals surface area contributed by atoms with E-state index in [1.54, 1.807) is 12.1 Å². The summed E-state index contributed by atoms with van der Waals surface area (Å²) in [6, 6.07) is 4.61. The van der Waals surface area contributed by atoms with Crippen molar-refractivity contribution in [3.05, 3.63) is 28.2 Å². The lowest BCUT2D eigenvalue weighted by Gasteiger charge is -2.24. The van der Waals surface area contributed by atoms with Gasteiger partial charge in [0.1, 0.15) is 0 Å². The minimum absolute atomic E-state index is 0.0548.